The van der Waals surface area contributed by atoms with Gasteiger partial charge in [-0.1, -0.05) is 48.9 Å². The number of benzene rings is 1. The second-order valence-electron chi connectivity index (χ2n) is 10.1. The Morgan fingerprint density at radius 1 is 1.27 bits per heavy atom. The zero-order valence-corrected chi connectivity index (χ0v) is 18.7. The van der Waals surface area contributed by atoms with Crippen LogP contribution in [0.4, 0.5) is 0 Å². The van der Waals surface area contributed by atoms with Crippen molar-refractivity contribution in [2.24, 2.45) is 23.2 Å². The van der Waals surface area contributed by atoms with Crippen molar-refractivity contribution in [3.05, 3.63) is 53.1 Å². The van der Waals surface area contributed by atoms with Gasteiger partial charge in [0, 0.05) is 30.6 Å². The summed E-state index contributed by atoms with van der Waals surface area (Å²) in [5, 5.41) is 0.773. The number of fused-ring (bicyclic) bond motifs is 2. The van der Waals surface area contributed by atoms with Crippen LogP contribution in [0.25, 0.3) is 5.57 Å². The monoisotopic (exact) mass is 425 g/mol. The highest BCUT2D eigenvalue weighted by molar-refractivity contribution is 6.30. The quantitative estimate of drug-likeness (QED) is 0.456. The fourth-order valence-corrected chi connectivity index (χ4v) is 6.67. The molecule has 5 atom stereocenters. The van der Waals surface area contributed by atoms with Crippen LogP contribution < -0.4 is 0 Å². The summed E-state index contributed by atoms with van der Waals surface area (Å²) in [6, 6.07) is 8.10. The third-order valence-corrected chi connectivity index (χ3v) is 8.53. The minimum atomic E-state index is 0.0137. The highest BCUT2D eigenvalue weighted by Gasteiger charge is 2.55. The van der Waals surface area contributed by atoms with Gasteiger partial charge in [0.05, 0.1) is 5.92 Å². The van der Waals surface area contributed by atoms with E-state index in [-0.39, 0.29) is 23.4 Å². The lowest BCUT2D eigenvalue weighted by molar-refractivity contribution is -0.146. The standard InChI is InChI=1S/C26H32ClNO2/c1-17-4-3-11-26(2)15-24-21(14-23(17)26)22(25(29)30-24)16-28-12-9-19(10-13-28)18-5-7-20(27)8-6-18/h5-9,21-24H,1,3-4,10-16H2,2H3/t21-,22+,23-,24+,26+/m0/s1. The molecule has 4 aliphatic rings. The van der Waals surface area contributed by atoms with Gasteiger partial charge in [0.2, 0.25) is 0 Å². The zero-order chi connectivity index (χ0) is 20.9. The minimum Gasteiger partial charge on any atom is -0.462 e. The van der Waals surface area contributed by atoms with E-state index >= 15 is 0 Å². The smallest absolute Gasteiger partial charge is 0.310 e. The molecule has 2 aliphatic heterocycles. The summed E-state index contributed by atoms with van der Waals surface area (Å²) in [5.41, 5.74) is 4.31. The van der Waals surface area contributed by atoms with Gasteiger partial charge < -0.3 is 4.74 Å². The van der Waals surface area contributed by atoms with E-state index in [1.165, 1.54) is 29.6 Å². The predicted molar refractivity (Wildman–Crippen MR) is 121 cm³/mol. The Morgan fingerprint density at radius 2 is 2.07 bits per heavy atom. The topological polar surface area (TPSA) is 29.5 Å². The molecule has 1 aromatic carbocycles. The Bertz CT molecular complexity index is 876. The number of hydrogen-bond acceptors (Lipinski definition) is 3. The first-order valence-corrected chi connectivity index (χ1v) is 11.9. The summed E-state index contributed by atoms with van der Waals surface area (Å²) in [5.74, 6) is 0.958. The molecule has 0 amide bonds. The molecule has 0 radical (unpaired) electrons. The first-order valence-electron chi connectivity index (χ1n) is 11.5. The van der Waals surface area contributed by atoms with Crippen LogP contribution in [0.2, 0.25) is 5.02 Å². The zero-order valence-electron chi connectivity index (χ0n) is 17.9. The van der Waals surface area contributed by atoms with Crippen LogP contribution >= 0.6 is 11.6 Å². The van der Waals surface area contributed by atoms with Gasteiger partial charge in [-0.05, 0) is 73.1 Å². The maximum absolute atomic E-state index is 12.8. The van der Waals surface area contributed by atoms with Gasteiger partial charge in [-0.2, -0.15) is 0 Å². The van der Waals surface area contributed by atoms with Crippen molar-refractivity contribution in [2.45, 2.75) is 51.6 Å². The van der Waals surface area contributed by atoms with Gasteiger partial charge in [-0.3, -0.25) is 9.69 Å². The molecule has 2 saturated carbocycles. The second kappa shape index (κ2) is 7.84. The van der Waals surface area contributed by atoms with Crippen molar-refractivity contribution < 1.29 is 9.53 Å². The lowest BCUT2D eigenvalue weighted by Gasteiger charge is -2.50. The number of carbonyl (C=O) groups excluding carboxylic acids is 1. The first kappa shape index (κ1) is 20.3. The second-order valence-corrected chi connectivity index (χ2v) is 10.6. The van der Waals surface area contributed by atoms with E-state index in [1.807, 2.05) is 12.1 Å². The molecule has 2 heterocycles. The lowest BCUT2D eigenvalue weighted by atomic mass is 9.55. The van der Waals surface area contributed by atoms with Crippen LogP contribution in [0.15, 0.2) is 42.5 Å². The summed E-state index contributed by atoms with van der Waals surface area (Å²) >= 11 is 6.02. The fourth-order valence-electron chi connectivity index (χ4n) is 6.55. The van der Waals surface area contributed by atoms with Crippen LogP contribution in [0.5, 0.6) is 0 Å². The first-order chi connectivity index (χ1) is 14.4. The van der Waals surface area contributed by atoms with Crippen LogP contribution in [0, 0.1) is 23.2 Å². The molecule has 0 unspecified atom stereocenters. The van der Waals surface area contributed by atoms with Gasteiger partial charge in [-0.25, -0.2) is 0 Å². The highest BCUT2D eigenvalue weighted by Crippen LogP contribution is 2.57. The van der Waals surface area contributed by atoms with E-state index in [2.05, 4.69) is 36.6 Å². The molecule has 2 aliphatic carbocycles. The largest absolute Gasteiger partial charge is 0.462 e. The molecule has 0 spiro atoms. The average molecular weight is 426 g/mol. The van der Waals surface area contributed by atoms with Crippen molar-refractivity contribution >= 4 is 23.1 Å². The molecule has 0 bridgehead atoms. The van der Waals surface area contributed by atoms with E-state index in [9.17, 15) is 4.79 Å². The number of rotatable bonds is 3. The molecule has 3 nitrogen and oxygen atoms in total. The van der Waals surface area contributed by atoms with E-state index in [4.69, 9.17) is 16.3 Å². The van der Waals surface area contributed by atoms with Crippen molar-refractivity contribution in [3.8, 4) is 0 Å². The lowest BCUT2D eigenvalue weighted by Crippen LogP contribution is -2.46. The molecular weight excluding hydrogens is 394 g/mol. The van der Waals surface area contributed by atoms with Gasteiger partial charge in [-0.15, -0.1) is 0 Å². The molecular formula is C26H32ClNO2. The third-order valence-electron chi connectivity index (χ3n) is 8.28. The Hall–Kier alpha value is -1.58. The maximum Gasteiger partial charge on any atom is 0.310 e. The number of ether oxygens (including phenoxy) is 1. The van der Waals surface area contributed by atoms with Crippen LogP contribution in [-0.2, 0) is 9.53 Å². The van der Waals surface area contributed by atoms with Crippen molar-refractivity contribution in [1.29, 1.82) is 0 Å². The van der Waals surface area contributed by atoms with E-state index in [0.29, 0.717) is 11.8 Å². The molecule has 160 valence electrons. The van der Waals surface area contributed by atoms with Gasteiger partial charge in [0.15, 0.2) is 0 Å². The van der Waals surface area contributed by atoms with E-state index in [1.54, 1.807) is 0 Å². The summed E-state index contributed by atoms with van der Waals surface area (Å²) in [6.45, 7) is 9.51. The molecule has 3 fully saturated rings. The molecule has 30 heavy (non-hydrogen) atoms. The van der Waals surface area contributed by atoms with Gasteiger partial charge >= 0.3 is 5.97 Å². The third kappa shape index (κ3) is 3.65. The number of carbonyl (C=O) groups is 1. The van der Waals surface area contributed by atoms with Crippen molar-refractivity contribution in [1.82, 2.24) is 4.90 Å². The molecule has 1 saturated heterocycles. The molecule has 1 aromatic rings. The minimum absolute atomic E-state index is 0.0137. The highest BCUT2D eigenvalue weighted by atomic mass is 35.5. The average Bonchev–Trinajstić information content (AvgIpc) is 3.01. The molecule has 0 N–H and O–H groups in total. The van der Waals surface area contributed by atoms with Crippen LogP contribution in [0.3, 0.4) is 0 Å². The molecule has 4 heteroatoms. The summed E-state index contributed by atoms with van der Waals surface area (Å²) in [4.78, 5) is 15.3. The Labute approximate surface area is 185 Å². The number of halogens is 1. The number of nitrogens with zero attached hydrogens (tertiary/aromatic N) is 1. The number of hydrogen-bond donors (Lipinski definition) is 0. The van der Waals surface area contributed by atoms with Gasteiger partial charge in [0.25, 0.3) is 0 Å². The van der Waals surface area contributed by atoms with Crippen molar-refractivity contribution in [3.63, 3.8) is 0 Å². The Morgan fingerprint density at radius 3 is 2.80 bits per heavy atom. The summed E-state index contributed by atoms with van der Waals surface area (Å²) in [7, 11) is 0. The van der Waals surface area contributed by atoms with Crippen LogP contribution in [0.1, 0.15) is 51.0 Å². The maximum atomic E-state index is 12.8. The van der Waals surface area contributed by atoms with Crippen molar-refractivity contribution in [2.75, 3.05) is 19.6 Å². The Kier molecular flexibility index (Phi) is 5.31. The molecule has 5 rings (SSSR count). The summed E-state index contributed by atoms with van der Waals surface area (Å²) in [6.07, 6.45) is 9.16. The number of esters is 1. The van der Waals surface area contributed by atoms with E-state index < -0.39 is 0 Å². The Balaban J connectivity index is 1.26. The predicted octanol–water partition coefficient (Wildman–Crippen LogP) is 5.74. The normalized spacial score (nSPS) is 36.7. The van der Waals surface area contributed by atoms with Gasteiger partial charge in [0.1, 0.15) is 6.10 Å². The molecule has 0 aromatic heterocycles. The van der Waals surface area contributed by atoms with E-state index in [0.717, 1.165) is 50.3 Å². The SMILES string of the molecule is C=C1CCC[C@]2(C)C[C@H]3OC(=O)[C@H](CN4CC=C(c5ccc(Cl)cc5)CC4)[C@@H]3C[C@@H]12. The number of allylic oxidation sites excluding steroid dienone is 1. The fraction of sp³-hybridized carbons (Fsp3) is 0.577. The summed E-state index contributed by atoms with van der Waals surface area (Å²) < 4.78 is 5.95. The van der Waals surface area contributed by atoms with Crippen LogP contribution in [-0.4, -0.2) is 36.6 Å².